The quantitative estimate of drug-likeness (QED) is 0.798. The van der Waals surface area contributed by atoms with Gasteiger partial charge >= 0.3 is 6.09 Å². The highest BCUT2D eigenvalue weighted by molar-refractivity contribution is 7.10. The van der Waals surface area contributed by atoms with Gasteiger partial charge in [-0.1, -0.05) is 0 Å². The van der Waals surface area contributed by atoms with E-state index in [0.29, 0.717) is 6.42 Å². The van der Waals surface area contributed by atoms with Crippen molar-refractivity contribution in [2.45, 2.75) is 19.4 Å². The van der Waals surface area contributed by atoms with Gasteiger partial charge in [-0.05, 0) is 23.9 Å². The fourth-order valence-corrected chi connectivity index (χ4v) is 2.00. The van der Waals surface area contributed by atoms with Crippen LogP contribution in [0.15, 0.2) is 11.4 Å². The van der Waals surface area contributed by atoms with Gasteiger partial charge < -0.3 is 10.4 Å². The highest BCUT2D eigenvalue weighted by Gasteiger charge is 2.11. The second-order valence-electron chi connectivity index (χ2n) is 2.93. The van der Waals surface area contributed by atoms with Crippen molar-refractivity contribution in [3.8, 4) is 6.07 Å². The number of nitrogens with one attached hydrogen (secondary N) is 1. The van der Waals surface area contributed by atoms with E-state index in [9.17, 15) is 4.79 Å². The van der Waals surface area contributed by atoms with E-state index in [1.165, 1.54) is 11.3 Å². The van der Waals surface area contributed by atoms with Crippen molar-refractivity contribution in [3.05, 3.63) is 21.9 Å². The number of thiophene rings is 1. The summed E-state index contributed by atoms with van der Waals surface area (Å²) < 4.78 is 0. The molecule has 1 aromatic rings. The molecule has 4 nitrogen and oxygen atoms in total. The summed E-state index contributed by atoms with van der Waals surface area (Å²) in [5.74, 6) is 0. The molecule has 0 radical (unpaired) electrons. The van der Waals surface area contributed by atoms with E-state index in [0.717, 1.165) is 10.4 Å². The standard InChI is InChI=1S/C9H10N2O2S/c1-6-2-8(14-5-6)3-7(4-10)11-9(12)13/h2,5,7,11H,3H2,1H3,(H,12,13)/t7-/m0/s1. The molecule has 0 fully saturated rings. The van der Waals surface area contributed by atoms with E-state index in [1.807, 2.05) is 24.4 Å². The minimum absolute atomic E-state index is 0.432. The first kappa shape index (κ1) is 10.5. The summed E-state index contributed by atoms with van der Waals surface area (Å²) in [6.45, 7) is 1.96. The number of carbonyl (C=O) groups is 1. The normalized spacial score (nSPS) is 11.7. The molecule has 1 atom stereocenters. The molecule has 74 valence electrons. The van der Waals surface area contributed by atoms with Crippen molar-refractivity contribution in [3.63, 3.8) is 0 Å². The maximum Gasteiger partial charge on any atom is 0.405 e. The molecule has 0 aliphatic carbocycles. The third-order valence-corrected chi connectivity index (χ3v) is 2.72. The Hall–Kier alpha value is -1.54. The molecule has 0 unspecified atom stereocenters. The SMILES string of the molecule is Cc1csc(C[C@@H](C#N)NC(=O)O)c1. The summed E-state index contributed by atoms with van der Waals surface area (Å²) in [6, 6.07) is 3.20. The second kappa shape index (κ2) is 4.63. The number of nitrogens with zero attached hydrogens (tertiary/aromatic N) is 1. The van der Waals surface area contributed by atoms with E-state index in [2.05, 4.69) is 5.32 Å². The van der Waals surface area contributed by atoms with Crippen molar-refractivity contribution in [2.24, 2.45) is 0 Å². The van der Waals surface area contributed by atoms with Crippen LogP contribution in [0, 0.1) is 18.3 Å². The zero-order chi connectivity index (χ0) is 10.6. The minimum Gasteiger partial charge on any atom is -0.465 e. The lowest BCUT2D eigenvalue weighted by atomic mass is 10.2. The fraction of sp³-hybridized carbons (Fsp3) is 0.333. The number of amides is 1. The van der Waals surface area contributed by atoms with Gasteiger partial charge in [-0.15, -0.1) is 11.3 Å². The van der Waals surface area contributed by atoms with Crippen LogP contribution in [-0.2, 0) is 6.42 Å². The van der Waals surface area contributed by atoms with Gasteiger partial charge in [0.15, 0.2) is 0 Å². The van der Waals surface area contributed by atoms with Gasteiger partial charge in [-0.2, -0.15) is 5.26 Å². The Balaban J connectivity index is 2.58. The zero-order valence-corrected chi connectivity index (χ0v) is 8.47. The van der Waals surface area contributed by atoms with Gasteiger partial charge in [-0.3, -0.25) is 0 Å². The van der Waals surface area contributed by atoms with Crippen molar-refractivity contribution >= 4 is 17.4 Å². The van der Waals surface area contributed by atoms with Gasteiger partial charge in [0.1, 0.15) is 6.04 Å². The number of hydrogen-bond acceptors (Lipinski definition) is 3. The topological polar surface area (TPSA) is 73.1 Å². The van der Waals surface area contributed by atoms with Crippen LogP contribution >= 0.6 is 11.3 Å². The number of carboxylic acid groups (broad SMARTS) is 1. The highest BCUT2D eigenvalue weighted by Crippen LogP contribution is 2.15. The Morgan fingerprint density at radius 2 is 2.57 bits per heavy atom. The predicted octanol–water partition coefficient (Wildman–Crippen LogP) is 1.76. The average Bonchev–Trinajstić information content (AvgIpc) is 2.49. The summed E-state index contributed by atoms with van der Waals surface area (Å²) in [4.78, 5) is 11.3. The first-order chi connectivity index (χ1) is 6.61. The Morgan fingerprint density at radius 1 is 1.86 bits per heavy atom. The molecule has 0 aliphatic rings. The Kier molecular flexibility index (Phi) is 3.48. The molecule has 1 heterocycles. The van der Waals surface area contributed by atoms with Crippen LogP contribution in [-0.4, -0.2) is 17.2 Å². The number of rotatable bonds is 3. The summed E-state index contributed by atoms with van der Waals surface area (Å²) in [7, 11) is 0. The monoisotopic (exact) mass is 210 g/mol. The molecule has 14 heavy (non-hydrogen) atoms. The third kappa shape index (κ3) is 3.07. The lowest BCUT2D eigenvalue weighted by Gasteiger charge is -2.06. The van der Waals surface area contributed by atoms with Crippen LogP contribution < -0.4 is 5.32 Å². The van der Waals surface area contributed by atoms with Gasteiger partial charge in [-0.25, -0.2) is 4.79 Å². The molecule has 0 aromatic carbocycles. The van der Waals surface area contributed by atoms with Crippen LogP contribution in [0.4, 0.5) is 4.79 Å². The molecule has 0 bridgehead atoms. The summed E-state index contributed by atoms with van der Waals surface area (Å²) in [5, 5.41) is 21.2. The Morgan fingerprint density at radius 3 is 3.00 bits per heavy atom. The first-order valence-corrected chi connectivity index (χ1v) is 4.93. The third-order valence-electron chi connectivity index (χ3n) is 1.64. The van der Waals surface area contributed by atoms with Crippen LogP contribution in [0.1, 0.15) is 10.4 Å². The van der Waals surface area contributed by atoms with Crippen LogP contribution in [0.5, 0.6) is 0 Å². The van der Waals surface area contributed by atoms with Gasteiger partial charge in [0, 0.05) is 11.3 Å². The summed E-state index contributed by atoms with van der Waals surface area (Å²) in [6.07, 6.45) is -0.730. The first-order valence-electron chi connectivity index (χ1n) is 4.05. The van der Waals surface area contributed by atoms with Gasteiger partial charge in [0.05, 0.1) is 6.07 Å². The van der Waals surface area contributed by atoms with E-state index < -0.39 is 12.1 Å². The smallest absolute Gasteiger partial charge is 0.405 e. The van der Waals surface area contributed by atoms with Crippen molar-refractivity contribution in [1.29, 1.82) is 5.26 Å². The van der Waals surface area contributed by atoms with Gasteiger partial charge in [0.2, 0.25) is 0 Å². The molecule has 1 aromatic heterocycles. The molecule has 0 aliphatic heterocycles. The van der Waals surface area contributed by atoms with E-state index >= 15 is 0 Å². The molecule has 2 N–H and O–H groups in total. The maximum atomic E-state index is 10.3. The largest absolute Gasteiger partial charge is 0.465 e. The number of hydrogen-bond donors (Lipinski definition) is 2. The molecule has 0 saturated heterocycles. The van der Waals surface area contributed by atoms with E-state index in [-0.39, 0.29) is 0 Å². The lowest BCUT2D eigenvalue weighted by molar-refractivity contribution is 0.192. The molecule has 0 saturated carbocycles. The number of nitriles is 1. The van der Waals surface area contributed by atoms with Gasteiger partial charge in [0.25, 0.3) is 0 Å². The highest BCUT2D eigenvalue weighted by atomic mass is 32.1. The fourth-order valence-electron chi connectivity index (χ4n) is 1.08. The maximum absolute atomic E-state index is 10.3. The summed E-state index contributed by atoms with van der Waals surface area (Å²) in [5.41, 5.74) is 1.14. The molecular formula is C9H10N2O2S. The lowest BCUT2D eigenvalue weighted by Crippen LogP contribution is -2.33. The second-order valence-corrected chi connectivity index (χ2v) is 3.92. The molecule has 0 spiro atoms. The Labute approximate surface area is 85.8 Å². The molecule has 1 rings (SSSR count). The summed E-state index contributed by atoms with van der Waals surface area (Å²) >= 11 is 1.54. The van der Waals surface area contributed by atoms with Crippen molar-refractivity contribution in [2.75, 3.05) is 0 Å². The molecule has 5 heteroatoms. The van der Waals surface area contributed by atoms with Crippen LogP contribution in [0.2, 0.25) is 0 Å². The van der Waals surface area contributed by atoms with E-state index in [4.69, 9.17) is 10.4 Å². The molecule has 1 amide bonds. The van der Waals surface area contributed by atoms with Crippen molar-refractivity contribution in [1.82, 2.24) is 5.32 Å². The number of aryl methyl sites for hydroxylation is 1. The Bertz CT molecular complexity index is 367. The van der Waals surface area contributed by atoms with Crippen LogP contribution in [0.3, 0.4) is 0 Å². The van der Waals surface area contributed by atoms with Crippen molar-refractivity contribution < 1.29 is 9.90 Å². The van der Waals surface area contributed by atoms with E-state index in [1.54, 1.807) is 0 Å². The minimum atomic E-state index is -1.16. The predicted molar refractivity (Wildman–Crippen MR) is 53.3 cm³/mol. The van der Waals surface area contributed by atoms with Crippen LogP contribution in [0.25, 0.3) is 0 Å². The zero-order valence-electron chi connectivity index (χ0n) is 7.65. The molecular weight excluding hydrogens is 200 g/mol. The average molecular weight is 210 g/mol.